The second-order valence-electron chi connectivity index (χ2n) is 29.6. The Labute approximate surface area is 769 Å². The second-order valence-corrected chi connectivity index (χ2v) is 29.6. The molecule has 684 valence electrons. The van der Waals surface area contributed by atoms with Crippen LogP contribution in [-0.2, 0) is 0 Å². The van der Waals surface area contributed by atoms with E-state index < -0.39 is 0 Å². The Morgan fingerprint density at radius 3 is 0.565 bits per heavy atom. The zero-order valence-corrected chi connectivity index (χ0v) is 78.7. The summed E-state index contributed by atoms with van der Waals surface area (Å²) in [4.78, 5) is 132. The molecule has 131 heavy (non-hydrogen) atoms. The van der Waals surface area contributed by atoms with Crippen LogP contribution in [0.1, 0.15) is 253 Å². The van der Waals surface area contributed by atoms with Crippen molar-refractivity contribution in [2.45, 2.75) is 129 Å². The lowest BCUT2D eigenvalue weighted by Crippen LogP contribution is -1.98. The molecule has 0 spiro atoms. The van der Waals surface area contributed by atoms with E-state index in [1.165, 1.54) is 59.8 Å². The van der Waals surface area contributed by atoms with Gasteiger partial charge in [0.25, 0.3) is 0 Å². The summed E-state index contributed by atoms with van der Waals surface area (Å²) in [5.41, 5.74) is 8.25. The summed E-state index contributed by atoms with van der Waals surface area (Å²) in [7, 11) is 11.3. The van der Waals surface area contributed by atoms with Crippen molar-refractivity contribution in [2.75, 3.05) is 56.4 Å². The molecule has 0 atom stereocenters. The van der Waals surface area contributed by atoms with Crippen LogP contribution < -0.4 is 37.9 Å². The average molecular weight is 1770 g/mol. The number of ether oxygens (including phenoxy) is 8. The van der Waals surface area contributed by atoms with Crippen molar-refractivity contribution >= 4 is 102 Å². The Morgan fingerprint density at radius 2 is 0.359 bits per heavy atom. The Kier molecular flexibility index (Phi) is 48.4. The SMILES string of the molecule is CC(=O)c1ccc(C(C)=O)cc1.CC(=O)c1ccc(C(C)=O)cc1.CC(=O)c1ccc2cc(C(C)=O)ccc2c1.CC(=O)c1ccc2cc(C(C)=O)ccc2c1.CCCCCCCCOc1ccc(C(C)=O)cc1.COc1ccc(C(C)=O)cc1.COc1ccc(C(C)=O)cc1.COc1ccc2cc(C(C)=O)ccc2c1.COc1ccccc1OC.COc1ccccc1OC. The summed E-state index contributed by atoms with van der Waals surface area (Å²) in [6.45, 7) is 21.4. The number of Topliss-reactive ketones (excluding diaryl/α,β-unsaturated/α-hetero) is 12. The lowest BCUT2D eigenvalue weighted by atomic mass is 10.0. The maximum Gasteiger partial charge on any atom is 0.160 e. The summed E-state index contributed by atoms with van der Waals surface area (Å²) >= 11 is 0. The number of methoxy groups -OCH3 is 7. The number of ketones is 12. The van der Waals surface area contributed by atoms with Crippen molar-refractivity contribution in [1.82, 2.24) is 0 Å². The number of benzene rings is 13. The van der Waals surface area contributed by atoms with E-state index in [0.29, 0.717) is 55.6 Å². The third-order valence-corrected chi connectivity index (χ3v) is 19.8. The Morgan fingerprint density at radius 1 is 0.183 bits per heavy atom. The van der Waals surface area contributed by atoms with Crippen LogP contribution in [0.25, 0.3) is 32.3 Å². The molecule has 20 heteroatoms. The van der Waals surface area contributed by atoms with Crippen LogP contribution in [0.4, 0.5) is 0 Å². The van der Waals surface area contributed by atoms with Gasteiger partial charge in [0.2, 0.25) is 0 Å². The number of para-hydroxylation sites is 4. The summed E-state index contributed by atoms with van der Waals surface area (Å²) in [6.07, 6.45) is 7.63. The van der Waals surface area contributed by atoms with E-state index in [-0.39, 0.29) is 69.4 Å². The van der Waals surface area contributed by atoms with Gasteiger partial charge in [-0.05, 0) is 261 Å². The van der Waals surface area contributed by atoms with Crippen molar-refractivity contribution in [1.29, 1.82) is 0 Å². The van der Waals surface area contributed by atoms with Gasteiger partial charge < -0.3 is 37.9 Å². The highest BCUT2D eigenvalue weighted by Crippen LogP contribution is 2.28. The van der Waals surface area contributed by atoms with Gasteiger partial charge in [-0.3, -0.25) is 57.5 Å². The molecule has 0 aromatic heterocycles. The summed E-state index contributed by atoms with van der Waals surface area (Å²) < 4.78 is 40.7. The molecule has 0 aliphatic carbocycles. The largest absolute Gasteiger partial charge is 0.497 e. The fraction of sp³-hybridized carbons (Fsp3) is 0.243. The van der Waals surface area contributed by atoms with Crippen LogP contribution in [0.3, 0.4) is 0 Å². The molecular weight excluding hydrogens is 1650 g/mol. The van der Waals surface area contributed by atoms with Crippen LogP contribution in [0.5, 0.6) is 46.0 Å². The Hall–Kier alpha value is -14.9. The number of rotatable bonds is 27. The van der Waals surface area contributed by atoms with Crippen LogP contribution in [0.2, 0.25) is 0 Å². The van der Waals surface area contributed by atoms with E-state index in [2.05, 4.69) is 6.92 Å². The van der Waals surface area contributed by atoms with E-state index in [0.717, 1.165) is 102 Å². The van der Waals surface area contributed by atoms with Gasteiger partial charge in [-0.15, -0.1) is 0 Å². The van der Waals surface area contributed by atoms with Crippen LogP contribution in [-0.4, -0.2) is 126 Å². The highest BCUT2D eigenvalue weighted by Gasteiger charge is 2.11. The number of unbranched alkanes of at least 4 members (excludes halogenated alkanes) is 5. The molecule has 0 fully saturated rings. The lowest BCUT2D eigenvalue weighted by Gasteiger charge is -2.06. The van der Waals surface area contributed by atoms with Gasteiger partial charge in [0.05, 0.1) is 56.4 Å². The second kappa shape index (κ2) is 58.4. The number of carbonyl (C=O) groups excluding carboxylic acids is 12. The molecule has 0 saturated carbocycles. The quantitative estimate of drug-likeness (QED) is 0.0341. The maximum absolute atomic E-state index is 11.2. The molecule has 0 N–H and O–H groups in total. The number of hydrogen-bond acceptors (Lipinski definition) is 20. The average Bonchev–Trinajstić information content (AvgIpc) is 0.684. The van der Waals surface area contributed by atoms with Crippen molar-refractivity contribution < 1.29 is 95.4 Å². The van der Waals surface area contributed by atoms with Gasteiger partial charge in [0.15, 0.2) is 92.4 Å². The molecule has 0 radical (unpaired) electrons. The number of fused-ring (bicyclic) bond motifs is 3. The first-order valence-corrected chi connectivity index (χ1v) is 42.4. The highest BCUT2D eigenvalue weighted by molar-refractivity contribution is 6.05. The zero-order chi connectivity index (χ0) is 97.1. The zero-order valence-electron chi connectivity index (χ0n) is 78.7. The molecule has 20 nitrogen and oxygen atoms in total. The fourth-order valence-electron chi connectivity index (χ4n) is 11.9. The third kappa shape index (κ3) is 39.1. The molecule has 0 aliphatic rings. The minimum atomic E-state index is 0.0186. The lowest BCUT2D eigenvalue weighted by molar-refractivity contribution is 0.100. The van der Waals surface area contributed by atoms with E-state index >= 15 is 0 Å². The number of carbonyl (C=O) groups is 12. The monoisotopic (exact) mass is 1770 g/mol. The first-order valence-electron chi connectivity index (χ1n) is 42.4. The normalized spacial score (nSPS) is 9.80. The van der Waals surface area contributed by atoms with Crippen molar-refractivity contribution in [3.05, 3.63) is 346 Å². The molecule has 0 aliphatic heterocycles. The van der Waals surface area contributed by atoms with Gasteiger partial charge in [-0.1, -0.05) is 179 Å². The summed E-state index contributed by atoms with van der Waals surface area (Å²) in [5, 5.41) is 6.08. The Balaban J connectivity index is 0.000000306. The molecule has 13 aromatic carbocycles. The summed E-state index contributed by atoms with van der Waals surface area (Å²) in [6, 6.07) is 83.4. The Bertz CT molecular complexity index is 5430. The van der Waals surface area contributed by atoms with Gasteiger partial charge in [0.1, 0.15) is 23.0 Å². The molecule has 13 aromatic rings. The molecule has 0 bridgehead atoms. The molecule has 0 heterocycles. The van der Waals surface area contributed by atoms with Gasteiger partial charge >= 0.3 is 0 Å². The molecule has 13 rings (SSSR count). The van der Waals surface area contributed by atoms with Gasteiger partial charge in [0, 0.05) is 66.8 Å². The van der Waals surface area contributed by atoms with Crippen LogP contribution >= 0.6 is 0 Å². The van der Waals surface area contributed by atoms with Crippen molar-refractivity contribution in [2.24, 2.45) is 0 Å². The van der Waals surface area contributed by atoms with Gasteiger partial charge in [-0.25, -0.2) is 0 Å². The predicted molar refractivity (Wildman–Crippen MR) is 522 cm³/mol. The molecular formula is C111H120O20. The smallest absolute Gasteiger partial charge is 0.160 e. The third-order valence-electron chi connectivity index (χ3n) is 19.8. The minimum Gasteiger partial charge on any atom is -0.497 e. The van der Waals surface area contributed by atoms with E-state index in [4.69, 9.17) is 37.9 Å². The van der Waals surface area contributed by atoms with Crippen molar-refractivity contribution in [3.8, 4) is 46.0 Å². The van der Waals surface area contributed by atoms with E-state index in [1.807, 2.05) is 158 Å². The maximum atomic E-state index is 11.2. The molecule has 0 saturated heterocycles. The van der Waals surface area contributed by atoms with Crippen LogP contribution in [0.15, 0.2) is 279 Å². The molecule has 0 amide bonds. The molecule has 0 unspecified atom stereocenters. The number of hydrogen-bond donors (Lipinski definition) is 0. The summed E-state index contributed by atoms with van der Waals surface area (Å²) in [5.74, 6) is 6.93. The van der Waals surface area contributed by atoms with E-state index in [9.17, 15) is 57.5 Å². The highest BCUT2D eigenvalue weighted by atomic mass is 16.5. The standard InChI is InChI=1S/C16H24O2.2C14H12O2.C13H12O2.2C10H10O2.2C9H10O2.2C8H10O2/c1-3-4-5-6-7-8-13-18-16-11-9-15(10-12-16)14(2)17;2*1-9(15)11-3-5-14-8-12(10(2)16)4-6-13(14)7-11;1-9(14)10-3-4-12-8-13(15-2)6-5-11(12)7-10;2*1-7(11)9-3-5-10(6-4-9)8(2)12;2*1-7(10)8-3-5-9(11-2)6-4-8;2*1-9-7-5-3-4-6-8(7)10-2/h9-12H,3-8,13H2,1-2H3;2*3-8H,1-2H3;3-8H,1-2H3;2*3-6H,1-2H3;2*3-6H,1-2H3;2*3-6H,1-2H3. The predicted octanol–water partition coefficient (Wildman–Crippen LogP) is 25.6. The van der Waals surface area contributed by atoms with Gasteiger partial charge in [-0.2, -0.15) is 0 Å². The van der Waals surface area contributed by atoms with Crippen molar-refractivity contribution in [3.63, 3.8) is 0 Å². The minimum absolute atomic E-state index is 0.0186. The van der Waals surface area contributed by atoms with E-state index in [1.54, 1.807) is 226 Å². The topological polar surface area (TPSA) is 279 Å². The van der Waals surface area contributed by atoms with Crippen LogP contribution in [0, 0.1) is 0 Å². The fourth-order valence-corrected chi connectivity index (χ4v) is 11.9. The first kappa shape index (κ1) is 108. The first-order chi connectivity index (χ1) is 62.5.